The molecule has 3 heteroatoms. The lowest BCUT2D eigenvalue weighted by Gasteiger charge is -2.45. The van der Waals surface area contributed by atoms with Crippen LogP contribution in [0.15, 0.2) is 24.3 Å². The highest BCUT2D eigenvalue weighted by Crippen LogP contribution is 2.33. The van der Waals surface area contributed by atoms with E-state index in [0.717, 1.165) is 30.7 Å². The van der Waals surface area contributed by atoms with Crippen LogP contribution >= 0.6 is 0 Å². The monoisotopic (exact) mass is 276 g/mol. The summed E-state index contributed by atoms with van der Waals surface area (Å²) >= 11 is 0. The predicted octanol–water partition coefficient (Wildman–Crippen LogP) is 2.56. The van der Waals surface area contributed by atoms with E-state index in [-0.39, 0.29) is 0 Å². The van der Waals surface area contributed by atoms with Gasteiger partial charge >= 0.3 is 0 Å². The minimum Gasteiger partial charge on any atom is -0.496 e. The van der Waals surface area contributed by atoms with Crippen LogP contribution in [-0.2, 0) is 6.42 Å². The van der Waals surface area contributed by atoms with Gasteiger partial charge in [0, 0.05) is 12.1 Å². The number of rotatable bonds is 7. The van der Waals surface area contributed by atoms with Gasteiger partial charge in [0.15, 0.2) is 0 Å². The standard InChI is InChI=1S/C17H28N2O/c1-13(11-14-7-5-6-8-17(14)20-4)19(3)16-10-9-15(16)12-18-2/h5-8,13,15-16,18H,9-12H2,1-4H3. The first-order valence-corrected chi connectivity index (χ1v) is 7.65. The van der Waals surface area contributed by atoms with Crippen LogP contribution in [0.3, 0.4) is 0 Å². The summed E-state index contributed by atoms with van der Waals surface area (Å²) in [7, 11) is 6.07. The summed E-state index contributed by atoms with van der Waals surface area (Å²) in [5.41, 5.74) is 1.30. The van der Waals surface area contributed by atoms with E-state index in [1.165, 1.54) is 18.4 Å². The predicted molar refractivity (Wildman–Crippen MR) is 84.4 cm³/mol. The molecule has 3 atom stereocenters. The molecule has 20 heavy (non-hydrogen) atoms. The van der Waals surface area contributed by atoms with E-state index in [4.69, 9.17) is 4.74 Å². The van der Waals surface area contributed by atoms with Gasteiger partial charge in [-0.25, -0.2) is 0 Å². The minimum absolute atomic E-state index is 0.538. The maximum Gasteiger partial charge on any atom is 0.122 e. The normalized spacial score (nSPS) is 23.4. The lowest BCUT2D eigenvalue weighted by Crippen LogP contribution is -2.52. The number of nitrogens with one attached hydrogen (secondary N) is 1. The summed E-state index contributed by atoms with van der Waals surface area (Å²) in [6.45, 7) is 3.46. The molecule has 112 valence electrons. The molecule has 0 saturated heterocycles. The third kappa shape index (κ3) is 3.33. The van der Waals surface area contributed by atoms with Gasteiger partial charge in [0.2, 0.25) is 0 Å². The molecule has 0 aromatic heterocycles. The first-order chi connectivity index (χ1) is 9.67. The third-order valence-corrected chi connectivity index (χ3v) is 4.77. The van der Waals surface area contributed by atoms with Gasteiger partial charge < -0.3 is 15.0 Å². The maximum atomic E-state index is 5.46. The number of para-hydroxylation sites is 1. The van der Waals surface area contributed by atoms with Gasteiger partial charge in [0.1, 0.15) is 5.75 Å². The van der Waals surface area contributed by atoms with E-state index in [2.05, 4.69) is 42.4 Å². The van der Waals surface area contributed by atoms with Crippen molar-refractivity contribution in [1.82, 2.24) is 10.2 Å². The molecule has 0 heterocycles. The van der Waals surface area contributed by atoms with Crippen molar-refractivity contribution >= 4 is 0 Å². The minimum atomic E-state index is 0.538. The number of nitrogens with zero attached hydrogens (tertiary/aromatic N) is 1. The molecule has 1 aliphatic rings. The van der Waals surface area contributed by atoms with Gasteiger partial charge in [-0.2, -0.15) is 0 Å². The van der Waals surface area contributed by atoms with Crippen molar-refractivity contribution in [3.63, 3.8) is 0 Å². The Bertz CT molecular complexity index is 421. The van der Waals surface area contributed by atoms with Crippen molar-refractivity contribution in [2.24, 2.45) is 5.92 Å². The first kappa shape index (κ1) is 15.3. The van der Waals surface area contributed by atoms with Crippen LogP contribution in [0.25, 0.3) is 0 Å². The average Bonchev–Trinajstić information content (AvgIpc) is 2.44. The fourth-order valence-corrected chi connectivity index (χ4v) is 3.25. The van der Waals surface area contributed by atoms with E-state index < -0.39 is 0 Å². The topological polar surface area (TPSA) is 24.5 Å². The Morgan fingerprint density at radius 3 is 2.70 bits per heavy atom. The second-order valence-electron chi connectivity index (χ2n) is 5.99. The Kier molecular flexibility index (Phi) is 5.44. The van der Waals surface area contributed by atoms with E-state index in [1.807, 2.05) is 13.1 Å². The molecule has 1 N–H and O–H groups in total. The molecule has 1 saturated carbocycles. The summed E-state index contributed by atoms with van der Waals surface area (Å²) < 4.78 is 5.46. The van der Waals surface area contributed by atoms with Crippen molar-refractivity contribution < 1.29 is 4.74 Å². The van der Waals surface area contributed by atoms with E-state index in [1.54, 1.807) is 7.11 Å². The van der Waals surface area contributed by atoms with Crippen molar-refractivity contribution in [2.45, 2.75) is 38.3 Å². The first-order valence-electron chi connectivity index (χ1n) is 7.65. The number of methoxy groups -OCH3 is 1. The summed E-state index contributed by atoms with van der Waals surface area (Å²) in [5.74, 6) is 1.82. The fourth-order valence-electron chi connectivity index (χ4n) is 3.25. The van der Waals surface area contributed by atoms with Gasteiger partial charge in [-0.15, -0.1) is 0 Å². The Morgan fingerprint density at radius 2 is 2.10 bits per heavy atom. The quantitative estimate of drug-likeness (QED) is 0.828. The fraction of sp³-hybridized carbons (Fsp3) is 0.647. The average molecular weight is 276 g/mol. The summed E-state index contributed by atoms with van der Waals surface area (Å²) in [4.78, 5) is 2.55. The highest BCUT2D eigenvalue weighted by atomic mass is 16.5. The van der Waals surface area contributed by atoms with Crippen LogP contribution in [0.4, 0.5) is 0 Å². The number of likely N-dealkylation sites (N-methyl/N-ethyl adjacent to an activating group) is 1. The zero-order valence-corrected chi connectivity index (χ0v) is 13.2. The largest absolute Gasteiger partial charge is 0.496 e. The van der Waals surface area contributed by atoms with Gasteiger partial charge in [-0.1, -0.05) is 18.2 Å². The smallest absolute Gasteiger partial charge is 0.122 e. The van der Waals surface area contributed by atoms with Crippen molar-refractivity contribution in [1.29, 1.82) is 0 Å². The van der Waals surface area contributed by atoms with Gasteiger partial charge in [0.05, 0.1) is 7.11 Å². The summed E-state index contributed by atoms with van der Waals surface area (Å²) in [6, 6.07) is 9.62. The van der Waals surface area contributed by atoms with Crippen LogP contribution in [0.5, 0.6) is 5.75 Å². The summed E-state index contributed by atoms with van der Waals surface area (Å²) in [6.07, 6.45) is 3.74. The highest BCUT2D eigenvalue weighted by molar-refractivity contribution is 5.33. The second kappa shape index (κ2) is 7.09. The SMILES string of the molecule is CNCC1CCC1N(C)C(C)Cc1ccccc1OC. The molecule has 0 aliphatic heterocycles. The molecule has 3 nitrogen and oxygen atoms in total. The number of hydrogen-bond donors (Lipinski definition) is 1. The van der Waals surface area contributed by atoms with Crippen LogP contribution in [0.2, 0.25) is 0 Å². The van der Waals surface area contributed by atoms with E-state index >= 15 is 0 Å². The lowest BCUT2D eigenvalue weighted by molar-refractivity contribution is 0.0561. The number of benzene rings is 1. The number of hydrogen-bond acceptors (Lipinski definition) is 3. The van der Waals surface area contributed by atoms with Crippen LogP contribution in [0.1, 0.15) is 25.3 Å². The van der Waals surface area contributed by atoms with Gasteiger partial charge in [-0.05, 0) is 64.4 Å². The molecule has 1 aromatic carbocycles. The maximum absolute atomic E-state index is 5.46. The second-order valence-corrected chi connectivity index (χ2v) is 5.99. The Morgan fingerprint density at radius 1 is 1.35 bits per heavy atom. The molecule has 0 radical (unpaired) electrons. The third-order valence-electron chi connectivity index (χ3n) is 4.77. The van der Waals surface area contributed by atoms with Gasteiger partial charge in [0.25, 0.3) is 0 Å². The number of ether oxygens (including phenoxy) is 1. The zero-order valence-electron chi connectivity index (χ0n) is 13.2. The molecule has 1 aliphatic carbocycles. The van der Waals surface area contributed by atoms with E-state index in [0.29, 0.717) is 6.04 Å². The lowest BCUT2D eigenvalue weighted by atomic mass is 9.78. The molecule has 3 unspecified atom stereocenters. The van der Waals surface area contributed by atoms with E-state index in [9.17, 15) is 0 Å². The van der Waals surface area contributed by atoms with Gasteiger partial charge in [-0.3, -0.25) is 0 Å². The Labute approximate surface area is 123 Å². The molecule has 0 bridgehead atoms. The van der Waals surface area contributed by atoms with Crippen LogP contribution in [-0.4, -0.2) is 44.7 Å². The van der Waals surface area contributed by atoms with Crippen molar-refractivity contribution in [3.8, 4) is 5.75 Å². The molecule has 1 aromatic rings. The Hall–Kier alpha value is -1.06. The van der Waals surface area contributed by atoms with Crippen LogP contribution < -0.4 is 10.1 Å². The zero-order chi connectivity index (χ0) is 14.5. The molecule has 2 rings (SSSR count). The van der Waals surface area contributed by atoms with Crippen molar-refractivity contribution in [3.05, 3.63) is 29.8 Å². The molecule has 0 amide bonds. The van der Waals surface area contributed by atoms with Crippen molar-refractivity contribution in [2.75, 3.05) is 27.7 Å². The Balaban J connectivity index is 1.95. The van der Waals surface area contributed by atoms with Crippen LogP contribution in [0, 0.1) is 5.92 Å². The molecule has 1 fully saturated rings. The highest BCUT2D eigenvalue weighted by Gasteiger charge is 2.35. The molecular formula is C17H28N2O. The molecular weight excluding hydrogens is 248 g/mol. The summed E-state index contributed by atoms with van der Waals surface area (Å²) in [5, 5.41) is 3.31. The molecule has 0 spiro atoms.